The molecule has 0 aliphatic rings. The Morgan fingerprint density at radius 1 is 0.857 bits per heavy atom. The zero-order valence-corrected chi connectivity index (χ0v) is 12.5. The Morgan fingerprint density at radius 2 is 1.52 bits per heavy atom. The molecule has 0 bridgehead atoms. The van der Waals surface area contributed by atoms with E-state index in [2.05, 4.69) is 60.6 Å². The van der Waals surface area contributed by atoms with Gasteiger partial charge in [0.25, 0.3) is 0 Å². The van der Waals surface area contributed by atoms with Crippen molar-refractivity contribution in [2.45, 2.75) is 26.2 Å². The van der Waals surface area contributed by atoms with Gasteiger partial charge in [-0.1, -0.05) is 63.2 Å². The second-order valence-electron chi connectivity index (χ2n) is 6.08. The highest BCUT2D eigenvalue weighted by molar-refractivity contribution is 5.57. The number of aromatic nitrogens is 4. The van der Waals surface area contributed by atoms with Crippen molar-refractivity contribution in [2.75, 3.05) is 0 Å². The van der Waals surface area contributed by atoms with Gasteiger partial charge in [-0.3, -0.25) is 0 Å². The van der Waals surface area contributed by atoms with Crippen LogP contribution in [0.3, 0.4) is 0 Å². The van der Waals surface area contributed by atoms with Gasteiger partial charge in [-0.25, -0.2) is 0 Å². The largest absolute Gasteiger partial charge is 0.193 e. The van der Waals surface area contributed by atoms with Crippen molar-refractivity contribution in [3.8, 4) is 17.1 Å². The minimum absolute atomic E-state index is 0.140. The Balaban J connectivity index is 2.01. The van der Waals surface area contributed by atoms with Crippen LogP contribution in [0.4, 0.5) is 0 Å². The van der Waals surface area contributed by atoms with Crippen LogP contribution in [0.25, 0.3) is 17.1 Å². The van der Waals surface area contributed by atoms with Gasteiger partial charge in [-0.15, -0.1) is 5.10 Å². The first-order chi connectivity index (χ1) is 10.1. The maximum atomic E-state index is 4.14. The van der Waals surface area contributed by atoms with Gasteiger partial charge in [-0.2, -0.15) is 4.68 Å². The van der Waals surface area contributed by atoms with Crippen molar-refractivity contribution in [1.29, 1.82) is 0 Å². The van der Waals surface area contributed by atoms with Crippen LogP contribution in [-0.4, -0.2) is 20.2 Å². The molecule has 0 aliphatic heterocycles. The summed E-state index contributed by atoms with van der Waals surface area (Å²) in [5.74, 6) is 0.749. The molecule has 1 heterocycles. The normalized spacial score (nSPS) is 11.6. The smallest absolute Gasteiger partial charge is 0.187 e. The Hall–Kier alpha value is -2.49. The quantitative estimate of drug-likeness (QED) is 0.719. The first-order valence-corrected chi connectivity index (χ1v) is 7.00. The van der Waals surface area contributed by atoms with Gasteiger partial charge >= 0.3 is 0 Å². The molecule has 0 unspecified atom stereocenters. The highest BCUT2D eigenvalue weighted by Gasteiger charge is 2.14. The summed E-state index contributed by atoms with van der Waals surface area (Å²) < 4.78 is 1.77. The molecule has 0 amide bonds. The maximum Gasteiger partial charge on any atom is 0.187 e. The highest BCUT2D eigenvalue weighted by Crippen LogP contribution is 2.24. The lowest BCUT2D eigenvalue weighted by atomic mass is 9.87. The van der Waals surface area contributed by atoms with Crippen LogP contribution in [0.1, 0.15) is 26.3 Å². The van der Waals surface area contributed by atoms with Crippen LogP contribution in [0.5, 0.6) is 0 Å². The molecule has 0 fully saturated rings. The van der Waals surface area contributed by atoms with E-state index < -0.39 is 0 Å². The highest BCUT2D eigenvalue weighted by atomic mass is 15.5. The van der Waals surface area contributed by atoms with Crippen molar-refractivity contribution in [1.82, 2.24) is 20.2 Å². The van der Waals surface area contributed by atoms with Crippen molar-refractivity contribution in [3.05, 3.63) is 60.2 Å². The van der Waals surface area contributed by atoms with E-state index in [-0.39, 0.29) is 5.41 Å². The predicted molar refractivity (Wildman–Crippen MR) is 83.3 cm³/mol. The first-order valence-electron chi connectivity index (χ1n) is 7.00. The van der Waals surface area contributed by atoms with E-state index in [1.807, 2.05) is 30.3 Å². The molecule has 106 valence electrons. The predicted octanol–water partition coefficient (Wildman–Crippen LogP) is 3.63. The molecule has 0 atom stereocenters. The van der Waals surface area contributed by atoms with E-state index in [1.165, 1.54) is 5.56 Å². The second kappa shape index (κ2) is 5.13. The molecular formula is C17H18N4. The zero-order valence-electron chi connectivity index (χ0n) is 12.5. The van der Waals surface area contributed by atoms with Gasteiger partial charge in [0.2, 0.25) is 0 Å². The molecule has 1 aromatic heterocycles. The summed E-state index contributed by atoms with van der Waals surface area (Å²) in [6.45, 7) is 6.61. The van der Waals surface area contributed by atoms with E-state index in [9.17, 15) is 0 Å². The van der Waals surface area contributed by atoms with Gasteiger partial charge in [0.05, 0.1) is 5.69 Å². The van der Waals surface area contributed by atoms with E-state index in [1.54, 1.807) is 4.68 Å². The summed E-state index contributed by atoms with van der Waals surface area (Å²) in [4.78, 5) is 0. The second-order valence-corrected chi connectivity index (χ2v) is 6.08. The zero-order chi connectivity index (χ0) is 14.9. The van der Waals surface area contributed by atoms with Crippen LogP contribution in [0.15, 0.2) is 54.6 Å². The molecule has 0 N–H and O–H groups in total. The minimum Gasteiger partial charge on any atom is -0.193 e. The van der Waals surface area contributed by atoms with E-state index >= 15 is 0 Å². The topological polar surface area (TPSA) is 43.6 Å². The number of nitrogens with zero attached hydrogens (tertiary/aromatic N) is 4. The fourth-order valence-corrected chi connectivity index (χ4v) is 2.23. The summed E-state index contributed by atoms with van der Waals surface area (Å²) in [6, 6.07) is 18.3. The van der Waals surface area contributed by atoms with Crippen molar-refractivity contribution in [3.63, 3.8) is 0 Å². The lowest BCUT2D eigenvalue weighted by molar-refractivity contribution is 0.590. The summed E-state index contributed by atoms with van der Waals surface area (Å²) >= 11 is 0. The standard InChI is InChI=1S/C17H18N4/c1-17(2,3)14-9-11-15(12-10-14)21-16(18-19-20-21)13-7-5-4-6-8-13/h4-12H,1-3H3. The fourth-order valence-electron chi connectivity index (χ4n) is 2.23. The third kappa shape index (κ3) is 2.70. The molecule has 0 spiro atoms. The van der Waals surface area contributed by atoms with Crippen LogP contribution in [0.2, 0.25) is 0 Å². The molecule has 3 rings (SSSR count). The molecule has 3 aromatic rings. The SMILES string of the molecule is CC(C)(C)c1ccc(-n2nnnc2-c2ccccc2)cc1. The van der Waals surface area contributed by atoms with E-state index in [0.29, 0.717) is 0 Å². The molecule has 4 nitrogen and oxygen atoms in total. The van der Waals surface area contributed by atoms with Crippen LogP contribution in [0, 0.1) is 0 Å². The van der Waals surface area contributed by atoms with E-state index in [4.69, 9.17) is 0 Å². The van der Waals surface area contributed by atoms with Gasteiger partial charge < -0.3 is 0 Å². The summed E-state index contributed by atoms with van der Waals surface area (Å²) in [5, 5.41) is 12.1. The van der Waals surface area contributed by atoms with Gasteiger partial charge in [0.15, 0.2) is 5.82 Å². The number of benzene rings is 2. The third-order valence-electron chi connectivity index (χ3n) is 3.48. The van der Waals surface area contributed by atoms with Gasteiger partial charge in [0.1, 0.15) is 0 Å². The lowest BCUT2D eigenvalue weighted by Gasteiger charge is -2.19. The van der Waals surface area contributed by atoms with Crippen LogP contribution >= 0.6 is 0 Å². The summed E-state index contributed by atoms with van der Waals surface area (Å²) in [5.41, 5.74) is 3.40. The van der Waals surface area contributed by atoms with Gasteiger partial charge in [0, 0.05) is 5.56 Å². The maximum absolute atomic E-state index is 4.14. The first kappa shape index (κ1) is 13.5. The Labute approximate surface area is 124 Å². The number of tetrazole rings is 1. The molecular weight excluding hydrogens is 260 g/mol. The molecule has 2 aromatic carbocycles. The average molecular weight is 278 g/mol. The Morgan fingerprint density at radius 3 is 2.14 bits per heavy atom. The molecule has 0 saturated carbocycles. The molecule has 0 radical (unpaired) electrons. The fraction of sp³-hybridized carbons (Fsp3) is 0.235. The van der Waals surface area contributed by atoms with Crippen molar-refractivity contribution in [2.24, 2.45) is 0 Å². The minimum atomic E-state index is 0.140. The van der Waals surface area contributed by atoms with Gasteiger partial charge in [-0.05, 0) is 33.5 Å². The van der Waals surface area contributed by atoms with Crippen LogP contribution < -0.4 is 0 Å². The lowest BCUT2D eigenvalue weighted by Crippen LogP contribution is -2.11. The number of hydrogen-bond donors (Lipinski definition) is 0. The molecule has 21 heavy (non-hydrogen) atoms. The van der Waals surface area contributed by atoms with Crippen LogP contribution in [-0.2, 0) is 5.41 Å². The monoisotopic (exact) mass is 278 g/mol. The number of hydrogen-bond acceptors (Lipinski definition) is 3. The average Bonchev–Trinajstić information content (AvgIpc) is 2.97. The Bertz CT molecular complexity index is 721. The van der Waals surface area contributed by atoms with Crippen molar-refractivity contribution >= 4 is 0 Å². The molecule has 0 aliphatic carbocycles. The van der Waals surface area contributed by atoms with Crippen molar-refractivity contribution < 1.29 is 0 Å². The summed E-state index contributed by atoms with van der Waals surface area (Å²) in [7, 11) is 0. The third-order valence-corrected chi connectivity index (χ3v) is 3.48. The Kier molecular flexibility index (Phi) is 3.29. The van der Waals surface area contributed by atoms with E-state index in [0.717, 1.165) is 17.1 Å². The number of rotatable bonds is 2. The summed E-state index contributed by atoms with van der Waals surface area (Å²) in [6.07, 6.45) is 0. The molecule has 0 saturated heterocycles. The molecule has 4 heteroatoms.